The molecule has 0 radical (unpaired) electrons. The number of nitrogens with one attached hydrogen (secondary N) is 3. The Morgan fingerprint density at radius 2 is 1.42 bits per heavy atom. The SMILES string of the molecule is CC(N)C(=O)NC(C(=O)NC(CC(N)=O)C(=O)NC(Cc1ccc(O)cc1)C(=O)O)C(C)C. The predicted molar refractivity (Wildman–Crippen MR) is 118 cm³/mol. The van der Waals surface area contributed by atoms with E-state index in [0.29, 0.717) is 5.56 Å². The van der Waals surface area contributed by atoms with Crippen molar-refractivity contribution in [2.24, 2.45) is 17.4 Å². The van der Waals surface area contributed by atoms with Crippen molar-refractivity contribution in [1.29, 1.82) is 0 Å². The third-order valence-corrected chi connectivity index (χ3v) is 4.69. The lowest BCUT2D eigenvalue weighted by atomic mass is 10.0. The highest BCUT2D eigenvalue weighted by Crippen LogP contribution is 2.12. The molecule has 4 amide bonds. The molecule has 0 bridgehead atoms. The Bertz CT molecular complexity index is 870. The van der Waals surface area contributed by atoms with Crippen molar-refractivity contribution in [2.75, 3.05) is 0 Å². The van der Waals surface area contributed by atoms with Crippen LogP contribution in [0, 0.1) is 5.92 Å². The van der Waals surface area contributed by atoms with Gasteiger partial charge in [0.15, 0.2) is 0 Å². The van der Waals surface area contributed by atoms with Gasteiger partial charge >= 0.3 is 5.97 Å². The van der Waals surface area contributed by atoms with Gasteiger partial charge in [0.1, 0.15) is 23.9 Å². The second-order valence-corrected chi connectivity index (χ2v) is 8.02. The van der Waals surface area contributed by atoms with Crippen LogP contribution >= 0.6 is 0 Å². The van der Waals surface area contributed by atoms with Crippen molar-refractivity contribution >= 4 is 29.6 Å². The first-order chi connectivity index (χ1) is 15.3. The molecule has 0 heterocycles. The molecule has 4 unspecified atom stereocenters. The van der Waals surface area contributed by atoms with Gasteiger partial charge in [-0.2, -0.15) is 0 Å². The van der Waals surface area contributed by atoms with Crippen LogP contribution in [0.4, 0.5) is 0 Å². The van der Waals surface area contributed by atoms with Crippen LogP contribution in [0.25, 0.3) is 0 Å². The van der Waals surface area contributed by atoms with E-state index < -0.39 is 60.2 Å². The summed E-state index contributed by atoms with van der Waals surface area (Å²) in [6.45, 7) is 4.76. The fourth-order valence-electron chi connectivity index (χ4n) is 2.83. The molecule has 0 saturated carbocycles. The minimum Gasteiger partial charge on any atom is -0.508 e. The molecule has 0 aromatic heterocycles. The van der Waals surface area contributed by atoms with E-state index in [9.17, 15) is 34.2 Å². The van der Waals surface area contributed by atoms with Crippen LogP contribution in [-0.2, 0) is 30.4 Å². The lowest BCUT2D eigenvalue weighted by Crippen LogP contribution is -2.58. The number of carboxylic acid groups (broad SMARTS) is 1. The number of hydrogen-bond acceptors (Lipinski definition) is 7. The Labute approximate surface area is 191 Å². The van der Waals surface area contributed by atoms with Gasteiger partial charge in [-0.05, 0) is 30.5 Å². The number of phenolic OH excluding ortho intramolecular Hbond substituents is 1. The summed E-state index contributed by atoms with van der Waals surface area (Å²) in [5, 5.41) is 26.0. The van der Waals surface area contributed by atoms with Gasteiger partial charge in [0.25, 0.3) is 0 Å². The zero-order chi connectivity index (χ0) is 25.3. The van der Waals surface area contributed by atoms with Crippen molar-refractivity contribution < 1.29 is 34.2 Å². The smallest absolute Gasteiger partial charge is 0.326 e. The summed E-state index contributed by atoms with van der Waals surface area (Å²) in [7, 11) is 0. The van der Waals surface area contributed by atoms with Gasteiger partial charge in [-0.15, -0.1) is 0 Å². The second kappa shape index (κ2) is 12.4. The summed E-state index contributed by atoms with van der Waals surface area (Å²) >= 11 is 0. The average Bonchev–Trinajstić information content (AvgIpc) is 2.71. The first-order valence-electron chi connectivity index (χ1n) is 10.3. The van der Waals surface area contributed by atoms with Crippen molar-refractivity contribution in [2.45, 2.75) is 57.8 Å². The molecule has 1 aromatic carbocycles. The molecule has 0 aliphatic carbocycles. The van der Waals surface area contributed by atoms with Crippen LogP contribution in [0.1, 0.15) is 32.8 Å². The molecular weight excluding hydrogens is 434 g/mol. The molecule has 0 aliphatic heterocycles. The summed E-state index contributed by atoms with van der Waals surface area (Å²) in [6.07, 6.45) is -0.702. The van der Waals surface area contributed by atoms with Crippen molar-refractivity contribution in [3.05, 3.63) is 29.8 Å². The fraction of sp³-hybridized carbons (Fsp3) is 0.476. The topological polar surface area (TPSA) is 214 Å². The van der Waals surface area contributed by atoms with Crippen LogP contribution in [0.2, 0.25) is 0 Å². The second-order valence-electron chi connectivity index (χ2n) is 8.02. The molecule has 1 aromatic rings. The molecule has 12 nitrogen and oxygen atoms in total. The number of hydrogen-bond donors (Lipinski definition) is 7. The van der Waals surface area contributed by atoms with E-state index in [4.69, 9.17) is 11.5 Å². The molecule has 0 aliphatic rings. The lowest BCUT2D eigenvalue weighted by molar-refractivity contribution is -0.142. The summed E-state index contributed by atoms with van der Waals surface area (Å²) in [6, 6.07) is 0.948. The largest absolute Gasteiger partial charge is 0.508 e. The molecule has 4 atom stereocenters. The number of benzene rings is 1. The minimum absolute atomic E-state index is 0.00489. The zero-order valence-corrected chi connectivity index (χ0v) is 18.7. The number of carbonyl (C=O) groups is 5. The Balaban J connectivity index is 2.99. The highest BCUT2D eigenvalue weighted by molar-refractivity contribution is 5.96. The monoisotopic (exact) mass is 465 g/mol. The number of phenols is 1. The van der Waals surface area contributed by atoms with Gasteiger partial charge in [-0.25, -0.2) is 4.79 Å². The normalized spacial score (nSPS) is 14.5. The number of carboxylic acids is 1. The standard InChI is InChI=1S/C21H31N5O7/c1-10(2)17(26-18(29)11(3)22)20(31)24-14(9-16(23)28)19(30)25-15(21(32)33)8-12-4-6-13(27)7-5-12/h4-7,10-11,14-15,17,27H,8-9,22H2,1-3H3,(H2,23,28)(H,24,31)(H,25,30)(H,26,29)(H,32,33). The van der Waals surface area contributed by atoms with Crippen molar-refractivity contribution in [3.63, 3.8) is 0 Å². The molecule has 0 saturated heterocycles. The lowest BCUT2D eigenvalue weighted by Gasteiger charge is -2.26. The molecule has 1 rings (SSSR count). The number of primary amides is 1. The first-order valence-corrected chi connectivity index (χ1v) is 10.3. The van der Waals surface area contributed by atoms with Gasteiger partial charge in [0.05, 0.1) is 12.5 Å². The maximum atomic E-state index is 12.8. The number of aliphatic carboxylic acids is 1. The van der Waals surface area contributed by atoms with Crippen LogP contribution in [-0.4, -0.2) is 64.0 Å². The molecular formula is C21H31N5O7. The number of carbonyl (C=O) groups excluding carboxylic acids is 4. The quantitative estimate of drug-likeness (QED) is 0.189. The van der Waals surface area contributed by atoms with Crippen LogP contribution in [0.3, 0.4) is 0 Å². The van der Waals surface area contributed by atoms with Gasteiger partial charge < -0.3 is 37.6 Å². The van der Waals surface area contributed by atoms with E-state index in [1.54, 1.807) is 13.8 Å². The van der Waals surface area contributed by atoms with E-state index in [1.807, 2.05) is 0 Å². The minimum atomic E-state index is -1.47. The predicted octanol–water partition coefficient (Wildman–Crippen LogP) is -1.65. The molecule has 0 spiro atoms. The molecule has 0 fully saturated rings. The Morgan fingerprint density at radius 1 is 0.879 bits per heavy atom. The summed E-state index contributed by atoms with van der Waals surface area (Å²) in [4.78, 5) is 60.5. The molecule has 182 valence electrons. The third kappa shape index (κ3) is 9.15. The molecule has 33 heavy (non-hydrogen) atoms. The molecule has 9 N–H and O–H groups in total. The van der Waals surface area contributed by atoms with E-state index in [2.05, 4.69) is 16.0 Å². The zero-order valence-electron chi connectivity index (χ0n) is 18.7. The Kier molecular flexibility index (Phi) is 10.3. The Hall–Kier alpha value is -3.67. The van der Waals surface area contributed by atoms with E-state index in [-0.39, 0.29) is 18.1 Å². The van der Waals surface area contributed by atoms with Gasteiger partial charge in [-0.1, -0.05) is 26.0 Å². The third-order valence-electron chi connectivity index (χ3n) is 4.69. The number of rotatable bonds is 12. The average molecular weight is 466 g/mol. The van der Waals surface area contributed by atoms with Crippen molar-refractivity contribution in [3.8, 4) is 5.75 Å². The fourth-order valence-corrected chi connectivity index (χ4v) is 2.83. The van der Waals surface area contributed by atoms with Crippen molar-refractivity contribution in [1.82, 2.24) is 16.0 Å². The highest BCUT2D eigenvalue weighted by atomic mass is 16.4. The summed E-state index contributed by atoms with van der Waals surface area (Å²) in [5.74, 6) is -4.91. The molecule has 12 heteroatoms. The number of amides is 4. The number of nitrogens with two attached hydrogens (primary N) is 2. The van der Waals surface area contributed by atoms with E-state index in [1.165, 1.54) is 31.2 Å². The Morgan fingerprint density at radius 3 is 1.88 bits per heavy atom. The van der Waals surface area contributed by atoms with Crippen LogP contribution in [0.15, 0.2) is 24.3 Å². The maximum absolute atomic E-state index is 12.8. The summed E-state index contributed by atoms with van der Waals surface area (Å²) < 4.78 is 0. The summed E-state index contributed by atoms with van der Waals surface area (Å²) in [5.41, 5.74) is 11.2. The first kappa shape index (κ1) is 27.4. The number of aromatic hydroxyl groups is 1. The van der Waals surface area contributed by atoms with Gasteiger partial charge in [0.2, 0.25) is 23.6 Å². The highest BCUT2D eigenvalue weighted by Gasteiger charge is 2.32. The van der Waals surface area contributed by atoms with Crippen LogP contribution < -0.4 is 27.4 Å². The maximum Gasteiger partial charge on any atom is 0.326 e. The van der Waals surface area contributed by atoms with E-state index in [0.717, 1.165) is 0 Å². The van der Waals surface area contributed by atoms with E-state index >= 15 is 0 Å². The van der Waals surface area contributed by atoms with Crippen LogP contribution in [0.5, 0.6) is 5.75 Å². The van der Waals surface area contributed by atoms with Gasteiger partial charge in [0, 0.05) is 6.42 Å². The van der Waals surface area contributed by atoms with Gasteiger partial charge in [-0.3, -0.25) is 19.2 Å².